The highest BCUT2D eigenvalue weighted by molar-refractivity contribution is 7.91. The summed E-state index contributed by atoms with van der Waals surface area (Å²) in [4.78, 5) is 13.6. The second kappa shape index (κ2) is 4.31. The van der Waals surface area contributed by atoms with Crippen LogP contribution in [0.5, 0.6) is 0 Å². The van der Waals surface area contributed by atoms with Crippen molar-refractivity contribution in [3.8, 4) is 0 Å². The second-order valence-electron chi connectivity index (χ2n) is 4.28. The maximum absolute atomic E-state index is 12.0. The highest BCUT2D eigenvalue weighted by Gasteiger charge is 2.36. The zero-order chi connectivity index (χ0) is 11.8. The lowest BCUT2D eigenvalue weighted by molar-refractivity contribution is -0.135. The summed E-state index contributed by atoms with van der Waals surface area (Å²) in [6, 6.07) is -0.258. The van der Waals surface area contributed by atoms with E-state index >= 15 is 0 Å². The Morgan fingerprint density at radius 1 is 1.25 bits per heavy atom. The van der Waals surface area contributed by atoms with Crippen molar-refractivity contribution >= 4 is 15.7 Å². The van der Waals surface area contributed by atoms with Crippen molar-refractivity contribution in [3.63, 3.8) is 0 Å². The number of ether oxygens (including phenoxy) is 1. The molecule has 16 heavy (non-hydrogen) atoms. The third kappa shape index (κ3) is 2.36. The number of hydrogen-bond acceptors (Lipinski definition) is 5. The number of nitrogens with two attached hydrogens (primary N) is 1. The van der Waals surface area contributed by atoms with Crippen LogP contribution in [-0.2, 0) is 19.4 Å². The molecular formula is C9H16N2O4S. The minimum Gasteiger partial charge on any atom is -0.379 e. The van der Waals surface area contributed by atoms with Crippen LogP contribution in [0.4, 0.5) is 0 Å². The maximum Gasteiger partial charge on any atom is 0.229 e. The van der Waals surface area contributed by atoms with Crippen molar-refractivity contribution in [1.29, 1.82) is 0 Å². The standard InChI is InChI=1S/C9H16N2O4S/c10-8-6-15-5-7(8)9(12)11-1-3-16(13,14)4-2-11/h7-8H,1-6,10H2. The van der Waals surface area contributed by atoms with E-state index in [0.717, 1.165) is 0 Å². The van der Waals surface area contributed by atoms with Crippen LogP contribution in [0.2, 0.25) is 0 Å². The van der Waals surface area contributed by atoms with E-state index in [1.54, 1.807) is 4.90 Å². The Kier molecular flexibility index (Phi) is 3.18. The van der Waals surface area contributed by atoms with Gasteiger partial charge in [0.2, 0.25) is 5.91 Å². The molecule has 0 aromatic heterocycles. The average Bonchev–Trinajstić information content (AvgIpc) is 2.63. The molecular weight excluding hydrogens is 232 g/mol. The molecule has 2 N–H and O–H groups in total. The van der Waals surface area contributed by atoms with Gasteiger partial charge < -0.3 is 15.4 Å². The van der Waals surface area contributed by atoms with Gasteiger partial charge in [-0.1, -0.05) is 0 Å². The van der Waals surface area contributed by atoms with Gasteiger partial charge >= 0.3 is 0 Å². The molecule has 2 atom stereocenters. The summed E-state index contributed by atoms with van der Waals surface area (Å²) in [5.74, 6) is -0.260. The number of hydrogen-bond donors (Lipinski definition) is 1. The highest BCUT2D eigenvalue weighted by Crippen LogP contribution is 2.16. The van der Waals surface area contributed by atoms with E-state index in [9.17, 15) is 13.2 Å². The topological polar surface area (TPSA) is 89.7 Å². The van der Waals surface area contributed by atoms with Gasteiger partial charge in [-0.2, -0.15) is 0 Å². The van der Waals surface area contributed by atoms with Crippen molar-refractivity contribution in [1.82, 2.24) is 4.90 Å². The van der Waals surface area contributed by atoms with Gasteiger partial charge in [0.1, 0.15) is 0 Å². The van der Waals surface area contributed by atoms with Gasteiger partial charge in [-0.25, -0.2) is 8.42 Å². The number of rotatable bonds is 1. The van der Waals surface area contributed by atoms with Crippen LogP contribution in [0.25, 0.3) is 0 Å². The zero-order valence-corrected chi connectivity index (χ0v) is 9.78. The first kappa shape index (κ1) is 11.8. The Bertz CT molecular complexity index is 367. The number of sulfone groups is 1. The molecule has 2 rings (SSSR count). The number of nitrogens with zero attached hydrogens (tertiary/aromatic N) is 1. The van der Waals surface area contributed by atoms with Crippen LogP contribution in [0.15, 0.2) is 0 Å². The fourth-order valence-corrected chi connectivity index (χ4v) is 3.19. The molecule has 0 aliphatic carbocycles. The first-order valence-corrected chi connectivity index (χ1v) is 7.14. The predicted octanol–water partition coefficient (Wildman–Crippen LogP) is -1.78. The monoisotopic (exact) mass is 248 g/mol. The summed E-state index contributed by atoms with van der Waals surface area (Å²) in [6.07, 6.45) is 0. The second-order valence-corrected chi connectivity index (χ2v) is 6.59. The zero-order valence-electron chi connectivity index (χ0n) is 8.96. The molecule has 0 spiro atoms. The Morgan fingerprint density at radius 3 is 2.38 bits per heavy atom. The first-order chi connectivity index (χ1) is 7.49. The molecule has 7 heteroatoms. The largest absolute Gasteiger partial charge is 0.379 e. The third-order valence-electron chi connectivity index (χ3n) is 3.10. The van der Waals surface area contributed by atoms with E-state index in [-0.39, 0.29) is 42.5 Å². The van der Waals surface area contributed by atoms with Crippen LogP contribution in [-0.4, -0.2) is 63.1 Å². The molecule has 2 fully saturated rings. The minimum atomic E-state index is -2.94. The van der Waals surface area contributed by atoms with Gasteiger partial charge in [0.15, 0.2) is 9.84 Å². The molecule has 2 aliphatic heterocycles. The Hall–Kier alpha value is -0.660. The molecule has 0 radical (unpaired) electrons. The van der Waals surface area contributed by atoms with Crippen LogP contribution in [0.1, 0.15) is 0 Å². The van der Waals surface area contributed by atoms with Crippen molar-refractivity contribution in [2.45, 2.75) is 6.04 Å². The molecule has 92 valence electrons. The van der Waals surface area contributed by atoms with Crippen LogP contribution < -0.4 is 5.73 Å². The van der Waals surface area contributed by atoms with Gasteiger partial charge in [0, 0.05) is 19.1 Å². The van der Waals surface area contributed by atoms with E-state index in [4.69, 9.17) is 10.5 Å². The van der Waals surface area contributed by atoms with Gasteiger partial charge in [-0.15, -0.1) is 0 Å². The van der Waals surface area contributed by atoms with E-state index in [0.29, 0.717) is 13.2 Å². The van der Waals surface area contributed by atoms with Crippen LogP contribution in [0.3, 0.4) is 0 Å². The fraction of sp³-hybridized carbons (Fsp3) is 0.889. The van der Waals surface area contributed by atoms with E-state index in [2.05, 4.69) is 0 Å². The van der Waals surface area contributed by atoms with Crippen LogP contribution >= 0.6 is 0 Å². The average molecular weight is 248 g/mol. The lowest BCUT2D eigenvalue weighted by Crippen LogP contribution is -2.49. The highest BCUT2D eigenvalue weighted by atomic mass is 32.2. The molecule has 0 saturated carbocycles. The van der Waals surface area contributed by atoms with Gasteiger partial charge in [-0.3, -0.25) is 4.79 Å². The van der Waals surface area contributed by atoms with E-state index < -0.39 is 9.84 Å². The van der Waals surface area contributed by atoms with Gasteiger partial charge in [0.05, 0.1) is 30.6 Å². The quantitative estimate of drug-likeness (QED) is 0.592. The molecule has 2 aliphatic rings. The Balaban J connectivity index is 1.96. The van der Waals surface area contributed by atoms with Crippen molar-refractivity contribution < 1.29 is 17.9 Å². The lowest BCUT2D eigenvalue weighted by Gasteiger charge is -2.29. The maximum atomic E-state index is 12.0. The third-order valence-corrected chi connectivity index (χ3v) is 4.71. The smallest absolute Gasteiger partial charge is 0.229 e. The summed E-state index contributed by atoms with van der Waals surface area (Å²) in [7, 11) is -2.94. The molecule has 2 unspecified atom stereocenters. The van der Waals surface area contributed by atoms with E-state index in [1.165, 1.54) is 0 Å². The van der Waals surface area contributed by atoms with Crippen molar-refractivity contribution in [2.24, 2.45) is 11.7 Å². The number of carbonyl (C=O) groups excluding carboxylic acids is 1. The molecule has 0 aromatic rings. The molecule has 0 bridgehead atoms. The summed E-state index contributed by atoms with van der Waals surface area (Å²) >= 11 is 0. The molecule has 2 saturated heterocycles. The fourth-order valence-electron chi connectivity index (χ4n) is 1.99. The molecule has 1 amide bonds. The van der Waals surface area contributed by atoms with Crippen molar-refractivity contribution in [2.75, 3.05) is 37.8 Å². The van der Waals surface area contributed by atoms with Gasteiger partial charge in [-0.05, 0) is 0 Å². The summed E-state index contributed by atoms with van der Waals surface area (Å²) in [5, 5.41) is 0. The van der Waals surface area contributed by atoms with Crippen LogP contribution in [0, 0.1) is 5.92 Å². The summed E-state index contributed by atoms with van der Waals surface area (Å²) < 4.78 is 27.6. The SMILES string of the molecule is NC1COCC1C(=O)N1CCS(=O)(=O)CC1. The lowest BCUT2D eigenvalue weighted by atomic mass is 10.0. The number of amides is 1. The normalized spacial score (nSPS) is 33.9. The molecule has 0 aromatic carbocycles. The first-order valence-electron chi connectivity index (χ1n) is 5.32. The Morgan fingerprint density at radius 2 is 1.88 bits per heavy atom. The van der Waals surface area contributed by atoms with Crippen molar-refractivity contribution in [3.05, 3.63) is 0 Å². The number of carbonyl (C=O) groups is 1. The van der Waals surface area contributed by atoms with E-state index in [1.807, 2.05) is 0 Å². The summed E-state index contributed by atoms with van der Waals surface area (Å²) in [5.41, 5.74) is 5.75. The predicted molar refractivity (Wildman–Crippen MR) is 57.5 cm³/mol. The van der Waals surface area contributed by atoms with Gasteiger partial charge in [0.25, 0.3) is 0 Å². The summed E-state index contributed by atoms with van der Waals surface area (Å²) in [6.45, 7) is 1.32. The Labute approximate surface area is 94.6 Å². The molecule has 6 nitrogen and oxygen atoms in total. The minimum absolute atomic E-state index is 0.0571. The molecule has 2 heterocycles.